The van der Waals surface area contributed by atoms with Crippen LogP contribution in [0.4, 0.5) is 4.39 Å². The lowest BCUT2D eigenvalue weighted by Crippen LogP contribution is -2.59. The number of nitrogens with two attached hydrogens (primary N) is 1. The van der Waals surface area contributed by atoms with Gasteiger partial charge in [-0.1, -0.05) is 0 Å². The van der Waals surface area contributed by atoms with E-state index in [1.165, 1.54) is 0 Å². The van der Waals surface area contributed by atoms with Crippen molar-refractivity contribution in [2.45, 2.75) is 50.0 Å². The zero-order valence-electron chi connectivity index (χ0n) is 15.4. The average molecular weight is 383 g/mol. The van der Waals surface area contributed by atoms with Gasteiger partial charge in [0.25, 0.3) is 0 Å². The molecular weight excluding hydrogens is 353 g/mol. The van der Waals surface area contributed by atoms with Gasteiger partial charge in [-0.05, 0) is 25.8 Å². The summed E-state index contributed by atoms with van der Waals surface area (Å²) in [6, 6.07) is 0. The van der Waals surface area contributed by atoms with Gasteiger partial charge in [-0.2, -0.15) is 0 Å². The Morgan fingerprint density at radius 2 is 2.22 bits per heavy atom. The summed E-state index contributed by atoms with van der Waals surface area (Å²) in [6.07, 6.45) is 2.91. The number of ether oxygens (including phenoxy) is 1. The molecule has 0 saturated carbocycles. The highest BCUT2D eigenvalue weighted by atomic mass is 19.1. The molecule has 4 heterocycles. The van der Waals surface area contributed by atoms with Gasteiger partial charge in [0, 0.05) is 32.4 Å². The lowest BCUT2D eigenvalue weighted by molar-refractivity contribution is -0.126. The molecule has 4 aliphatic rings. The molecule has 6 atom stereocenters. The summed E-state index contributed by atoms with van der Waals surface area (Å²) in [4.78, 5) is 13.0. The van der Waals surface area contributed by atoms with Gasteiger partial charge in [0.15, 0.2) is 0 Å². The molecule has 10 heteroatoms. The standard InChI is InChI=1S/C17H30FN7O2/c18-10-6-22-16-14(15(19)24-25(16)9-10)17(26)23-12-8-21-5-3-13(12)27-11-2-1-4-20-7-11/h8,10-11,13-16,20-22,24H,1-7,9,19H2,(H,23,26). The van der Waals surface area contributed by atoms with E-state index in [2.05, 4.69) is 26.7 Å². The molecule has 4 rings (SSSR count). The highest BCUT2D eigenvalue weighted by Crippen LogP contribution is 2.23. The van der Waals surface area contributed by atoms with E-state index in [0.717, 1.165) is 44.6 Å². The second-order valence-electron chi connectivity index (χ2n) is 7.71. The molecule has 4 aliphatic heterocycles. The summed E-state index contributed by atoms with van der Waals surface area (Å²) >= 11 is 0. The minimum atomic E-state index is -0.977. The first-order chi connectivity index (χ1) is 13.1. The maximum atomic E-state index is 13.6. The Morgan fingerprint density at radius 1 is 1.33 bits per heavy atom. The van der Waals surface area contributed by atoms with E-state index in [0.29, 0.717) is 0 Å². The van der Waals surface area contributed by atoms with Crippen molar-refractivity contribution in [3.8, 4) is 0 Å². The van der Waals surface area contributed by atoms with Crippen LogP contribution >= 0.6 is 0 Å². The number of hydrogen-bond acceptors (Lipinski definition) is 8. The van der Waals surface area contributed by atoms with Gasteiger partial charge in [-0.3, -0.25) is 10.1 Å². The number of amides is 1. The third-order valence-electron chi connectivity index (χ3n) is 5.65. The number of alkyl halides is 1. The van der Waals surface area contributed by atoms with Crippen LogP contribution in [0.5, 0.6) is 0 Å². The summed E-state index contributed by atoms with van der Waals surface area (Å²) in [5.74, 6) is -0.699. The van der Waals surface area contributed by atoms with Crippen LogP contribution in [-0.2, 0) is 9.53 Å². The van der Waals surface area contributed by atoms with E-state index in [-0.39, 0.29) is 37.4 Å². The Labute approximate surface area is 158 Å². The van der Waals surface area contributed by atoms with Crippen LogP contribution in [0.15, 0.2) is 11.9 Å². The van der Waals surface area contributed by atoms with Crippen molar-refractivity contribution in [2.75, 3.05) is 32.7 Å². The van der Waals surface area contributed by atoms with Gasteiger partial charge in [0.05, 0.1) is 30.1 Å². The average Bonchev–Trinajstić information content (AvgIpc) is 2.99. The zero-order valence-corrected chi connectivity index (χ0v) is 15.4. The van der Waals surface area contributed by atoms with Crippen LogP contribution in [0.25, 0.3) is 0 Å². The Kier molecular flexibility index (Phi) is 5.90. The number of halogens is 1. The molecule has 0 aromatic rings. The third kappa shape index (κ3) is 4.25. The largest absolute Gasteiger partial charge is 0.389 e. The summed E-state index contributed by atoms with van der Waals surface area (Å²) in [5.41, 5.74) is 9.87. The minimum absolute atomic E-state index is 0.142. The molecule has 0 spiro atoms. The highest BCUT2D eigenvalue weighted by Gasteiger charge is 2.47. The van der Waals surface area contributed by atoms with Crippen molar-refractivity contribution in [3.63, 3.8) is 0 Å². The molecule has 0 aliphatic carbocycles. The molecule has 0 radical (unpaired) electrons. The number of nitrogens with one attached hydrogen (secondary N) is 5. The van der Waals surface area contributed by atoms with E-state index in [4.69, 9.17) is 10.5 Å². The van der Waals surface area contributed by atoms with Gasteiger partial charge in [0.2, 0.25) is 5.91 Å². The van der Waals surface area contributed by atoms with Crippen molar-refractivity contribution in [3.05, 3.63) is 11.9 Å². The number of hydrazine groups is 1. The van der Waals surface area contributed by atoms with Gasteiger partial charge < -0.3 is 26.4 Å². The van der Waals surface area contributed by atoms with E-state index < -0.39 is 18.3 Å². The van der Waals surface area contributed by atoms with Crippen molar-refractivity contribution in [1.82, 2.24) is 31.7 Å². The van der Waals surface area contributed by atoms with E-state index in [1.54, 1.807) is 5.01 Å². The van der Waals surface area contributed by atoms with Crippen LogP contribution in [0, 0.1) is 5.92 Å². The lowest BCUT2D eigenvalue weighted by atomic mass is 10.0. The molecule has 0 aromatic heterocycles. The Morgan fingerprint density at radius 3 is 3.04 bits per heavy atom. The predicted molar refractivity (Wildman–Crippen MR) is 97.6 cm³/mol. The molecule has 152 valence electrons. The molecule has 1 amide bonds. The predicted octanol–water partition coefficient (Wildman–Crippen LogP) is -1.94. The molecule has 7 N–H and O–H groups in total. The normalized spacial score (nSPS) is 40.0. The number of carbonyl (C=O) groups excluding carboxylic acids is 1. The smallest absolute Gasteiger partial charge is 0.233 e. The number of rotatable bonds is 4. The van der Waals surface area contributed by atoms with Crippen molar-refractivity contribution in [2.24, 2.45) is 11.7 Å². The monoisotopic (exact) mass is 383 g/mol. The molecule has 9 nitrogen and oxygen atoms in total. The maximum Gasteiger partial charge on any atom is 0.233 e. The van der Waals surface area contributed by atoms with Crippen LogP contribution in [0.3, 0.4) is 0 Å². The maximum absolute atomic E-state index is 13.6. The van der Waals surface area contributed by atoms with Crippen LogP contribution in [0.1, 0.15) is 19.3 Å². The number of fused-ring (bicyclic) bond motifs is 1. The van der Waals surface area contributed by atoms with Crippen molar-refractivity contribution >= 4 is 5.91 Å². The fourth-order valence-corrected chi connectivity index (χ4v) is 4.28. The molecule has 6 unspecified atom stereocenters. The lowest BCUT2D eigenvalue weighted by Gasteiger charge is -2.34. The van der Waals surface area contributed by atoms with E-state index in [1.807, 2.05) is 6.20 Å². The fraction of sp³-hybridized carbons (Fsp3) is 0.824. The molecule has 3 saturated heterocycles. The number of hydrogen-bond donors (Lipinski definition) is 6. The Hall–Kier alpha value is -1.30. The summed E-state index contributed by atoms with van der Waals surface area (Å²) in [6.45, 7) is 3.13. The van der Waals surface area contributed by atoms with Crippen molar-refractivity contribution < 1.29 is 13.9 Å². The molecule has 27 heavy (non-hydrogen) atoms. The van der Waals surface area contributed by atoms with Gasteiger partial charge in [-0.25, -0.2) is 14.8 Å². The summed E-state index contributed by atoms with van der Waals surface area (Å²) < 4.78 is 19.8. The quantitative estimate of drug-likeness (QED) is 0.332. The summed E-state index contributed by atoms with van der Waals surface area (Å²) in [7, 11) is 0. The first kappa shape index (κ1) is 19.0. The second-order valence-corrected chi connectivity index (χ2v) is 7.71. The van der Waals surface area contributed by atoms with Crippen LogP contribution < -0.4 is 32.4 Å². The zero-order chi connectivity index (χ0) is 18.8. The van der Waals surface area contributed by atoms with Gasteiger partial charge in [-0.15, -0.1) is 0 Å². The number of carbonyl (C=O) groups is 1. The molecule has 3 fully saturated rings. The fourth-order valence-electron chi connectivity index (χ4n) is 4.28. The van der Waals surface area contributed by atoms with Crippen LogP contribution in [0.2, 0.25) is 0 Å². The number of piperidine rings is 1. The van der Waals surface area contributed by atoms with Gasteiger partial charge in [0.1, 0.15) is 12.3 Å². The number of nitrogens with zero attached hydrogens (tertiary/aromatic N) is 1. The topological polar surface area (TPSA) is 116 Å². The third-order valence-corrected chi connectivity index (χ3v) is 5.65. The molecule has 0 aromatic carbocycles. The van der Waals surface area contributed by atoms with E-state index in [9.17, 15) is 9.18 Å². The Bertz CT molecular complexity index is 571. The minimum Gasteiger partial charge on any atom is -0.389 e. The van der Waals surface area contributed by atoms with E-state index >= 15 is 0 Å². The SMILES string of the molecule is NC1NN2CC(F)CNC2C1C(=O)NC1=CNCCC1OC1CCCNC1. The first-order valence-corrected chi connectivity index (χ1v) is 9.88. The molecular formula is C17H30FN7O2. The molecule has 0 bridgehead atoms. The van der Waals surface area contributed by atoms with Crippen molar-refractivity contribution in [1.29, 1.82) is 0 Å². The first-order valence-electron chi connectivity index (χ1n) is 9.88. The van der Waals surface area contributed by atoms with Crippen LogP contribution in [-0.4, -0.2) is 74.4 Å². The second kappa shape index (κ2) is 8.38. The van der Waals surface area contributed by atoms with Gasteiger partial charge >= 0.3 is 0 Å². The summed E-state index contributed by atoms with van der Waals surface area (Å²) in [5, 5.41) is 14.3. The highest BCUT2D eigenvalue weighted by molar-refractivity contribution is 5.82. The Balaban J connectivity index is 1.39.